The van der Waals surface area contributed by atoms with Crippen molar-refractivity contribution in [3.05, 3.63) is 69.4 Å². The van der Waals surface area contributed by atoms with Crippen molar-refractivity contribution >= 4 is 28.1 Å². The lowest BCUT2D eigenvalue weighted by Crippen LogP contribution is -2.33. The summed E-state index contributed by atoms with van der Waals surface area (Å²) in [7, 11) is 1.37. The molecule has 0 aliphatic carbocycles. The van der Waals surface area contributed by atoms with Crippen LogP contribution in [0.25, 0.3) is 0 Å². The number of nitrogens with zero attached hydrogens (tertiary/aromatic N) is 1. The molecule has 0 bridgehead atoms. The molecule has 8 heteroatoms. The number of likely N-dealkylation sites (N-methyl/N-ethyl adjacent to an activating group) is 1. The van der Waals surface area contributed by atoms with Crippen LogP contribution < -0.4 is 0 Å². The molecule has 0 fully saturated rings. The minimum atomic E-state index is -4.70. The summed E-state index contributed by atoms with van der Waals surface area (Å²) in [5.41, 5.74) is -0.910. The van der Waals surface area contributed by atoms with Gasteiger partial charge in [-0.25, -0.2) is 4.39 Å². The minimum Gasteiger partial charge on any atom is -0.341 e. The van der Waals surface area contributed by atoms with Crippen LogP contribution in [0.2, 0.25) is 0 Å². The van der Waals surface area contributed by atoms with Crippen molar-refractivity contribution in [2.24, 2.45) is 0 Å². The molecule has 0 aliphatic heterocycles. The van der Waals surface area contributed by atoms with Crippen molar-refractivity contribution in [3.8, 4) is 0 Å². The van der Waals surface area contributed by atoms with Gasteiger partial charge in [-0.15, -0.1) is 0 Å². The molecule has 0 N–H and O–H groups in total. The predicted molar refractivity (Wildman–Crippen MR) is 95.9 cm³/mol. The molecule has 0 unspecified atom stereocenters. The third-order valence-corrected chi connectivity index (χ3v) is 4.75. The van der Waals surface area contributed by atoms with E-state index in [0.717, 1.165) is 11.0 Å². The van der Waals surface area contributed by atoms with Crippen LogP contribution >= 0.6 is 15.9 Å². The molecule has 0 aliphatic rings. The summed E-state index contributed by atoms with van der Waals surface area (Å²) in [5.74, 6) is -1.72. The Morgan fingerprint density at radius 1 is 1.19 bits per heavy atom. The van der Waals surface area contributed by atoms with Crippen LogP contribution in [0, 0.1) is 5.82 Å². The molecule has 1 atom stereocenters. The fraction of sp³-hybridized carbons (Fsp3) is 0.263. The molecule has 0 radical (unpaired) electrons. The summed E-state index contributed by atoms with van der Waals surface area (Å²) in [4.78, 5) is 24.8. The van der Waals surface area contributed by atoms with E-state index in [9.17, 15) is 27.2 Å². The zero-order valence-corrected chi connectivity index (χ0v) is 15.8. The van der Waals surface area contributed by atoms with Crippen LogP contribution in [0.1, 0.15) is 33.8 Å². The minimum absolute atomic E-state index is 0.00696. The monoisotopic (exact) mass is 445 g/mol. The van der Waals surface area contributed by atoms with Crippen molar-refractivity contribution < 1.29 is 27.2 Å². The van der Waals surface area contributed by atoms with Gasteiger partial charge >= 0.3 is 6.18 Å². The number of hydrogen-bond donors (Lipinski definition) is 0. The second kappa shape index (κ2) is 8.65. The average molecular weight is 446 g/mol. The maximum atomic E-state index is 13.3. The van der Waals surface area contributed by atoms with Crippen molar-refractivity contribution in [2.45, 2.75) is 18.5 Å². The fourth-order valence-electron chi connectivity index (χ4n) is 2.78. The first-order valence-corrected chi connectivity index (χ1v) is 8.74. The lowest BCUT2D eigenvalue weighted by Gasteiger charge is -2.25. The standard InChI is InChI=1S/C19H16BrF4NO2/c1-25(11-13(9-10-26)12-5-7-14(21)8-6-12)18(27)15-3-2-4-16(20)17(15)19(22,23)24/h2-8,10,13H,9,11H2,1H3/t13-/m1/s1. The van der Waals surface area contributed by atoms with Gasteiger partial charge in [0, 0.05) is 30.4 Å². The van der Waals surface area contributed by atoms with Crippen molar-refractivity contribution in [2.75, 3.05) is 13.6 Å². The summed E-state index contributed by atoms with van der Waals surface area (Å²) >= 11 is 2.85. The van der Waals surface area contributed by atoms with E-state index in [1.54, 1.807) is 0 Å². The summed E-state index contributed by atoms with van der Waals surface area (Å²) in [6.07, 6.45) is -3.99. The lowest BCUT2D eigenvalue weighted by atomic mass is 9.95. The quantitative estimate of drug-likeness (QED) is 0.460. The largest absolute Gasteiger partial charge is 0.418 e. The summed E-state index contributed by atoms with van der Waals surface area (Å²) < 4.78 is 52.9. The molecule has 144 valence electrons. The number of carbonyl (C=O) groups excluding carboxylic acids is 2. The molecular weight excluding hydrogens is 430 g/mol. The third kappa shape index (κ3) is 5.15. The summed E-state index contributed by atoms with van der Waals surface area (Å²) in [6.45, 7) is 0.00696. The molecule has 0 aromatic heterocycles. The van der Waals surface area contributed by atoms with Gasteiger partial charge in [-0.1, -0.05) is 34.1 Å². The van der Waals surface area contributed by atoms with Crippen molar-refractivity contribution in [1.82, 2.24) is 4.90 Å². The second-order valence-electron chi connectivity index (χ2n) is 6.00. The molecule has 27 heavy (non-hydrogen) atoms. The van der Waals surface area contributed by atoms with Gasteiger partial charge in [-0.3, -0.25) is 4.79 Å². The number of amides is 1. The number of benzene rings is 2. The molecule has 3 nitrogen and oxygen atoms in total. The molecule has 2 rings (SSSR count). The van der Waals surface area contributed by atoms with Crippen LogP contribution in [0.4, 0.5) is 17.6 Å². The highest BCUT2D eigenvalue weighted by atomic mass is 79.9. The predicted octanol–water partition coefficient (Wildman–Crippen LogP) is 5.05. The van der Waals surface area contributed by atoms with Crippen LogP contribution in [0.5, 0.6) is 0 Å². The topological polar surface area (TPSA) is 37.4 Å². The first kappa shape index (κ1) is 21.1. The highest BCUT2D eigenvalue weighted by molar-refractivity contribution is 9.10. The van der Waals surface area contributed by atoms with E-state index in [1.165, 1.54) is 43.4 Å². The van der Waals surface area contributed by atoms with Crippen molar-refractivity contribution in [3.63, 3.8) is 0 Å². The molecule has 2 aromatic carbocycles. The molecule has 0 saturated carbocycles. The number of carbonyl (C=O) groups is 2. The molecule has 0 heterocycles. The summed E-state index contributed by atoms with van der Waals surface area (Å²) in [5, 5.41) is 0. The number of rotatable bonds is 6. The van der Waals surface area contributed by atoms with Crippen molar-refractivity contribution in [1.29, 1.82) is 0 Å². The maximum absolute atomic E-state index is 13.3. The van der Waals surface area contributed by atoms with Gasteiger partial charge < -0.3 is 9.69 Å². The third-order valence-electron chi connectivity index (χ3n) is 4.09. The van der Waals surface area contributed by atoms with Crippen LogP contribution in [-0.4, -0.2) is 30.7 Å². The Kier molecular flexibility index (Phi) is 6.75. The first-order valence-electron chi connectivity index (χ1n) is 7.95. The Hall–Kier alpha value is -2.22. The Balaban J connectivity index is 2.30. The smallest absolute Gasteiger partial charge is 0.341 e. The van der Waals surface area contributed by atoms with E-state index in [4.69, 9.17) is 0 Å². The zero-order chi connectivity index (χ0) is 20.2. The van der Waals surface area contributed by atoms with Gasteiger partial charge in [0.25, 0.3) is 5.91 Å². The van der Waals surface area contributed by atoms with Gasteiger partial charge in [0.2, 0.25) is 0 Å². The van der Waals surface area contributed by atoms with Gasteiger partial charge in [-0.2, -0.15) is 13.2 Å². The number of hydrogen-bond acceptors (Lipinski definition) is 2. The zero-order valence-electron chi connectivity index (χ0n) is 14.3. The number of aldehydes is 1. The Bertz CT molecular complexity index is 821. The molecule has 1 amide bonds. The number of halogens is 5. The highest BCUT2D eigenvalue weighted by Gasteiger charge is 2.38. The molecule has 0 saturated heterocycles. The van der Waals surface area contributed by atoms with Crippen LogP contribution in [0.3, 0.4) is 0 Å². The lowest BCUT2D eigenvalue weighted by molar-refractivity contribution is -0.138. The van der Waals surface area contributed by atoms with E-state index in [-0.39, 0.29) is 17.4 Å². The van der Waals surface area contributed by atoms with Gasteiger partial charge in [0.15, 0.2) is 0 Å². The summed E-state index contributed by atoms with van der Waals surface area (Å²) in [6, 6.07) is 9.11. The van der Waals surface area contributed by atoms with Gasteiger partial charge in [0.1, 0.15) is 12.1 Å². The van der Waals surface area contributed by atoms with Crippen LogP contribution in [0.15, 0.2) is 46.9 Å². The Morgan fingerprint density at radius 2 is 1.81 bits per heavy atom. The molecular formula is C19H16BrF4NO2. The Morgan fingerprint density at radius 3 is 2.37 bits per heavy atom. The van der Waals surface area contributed by atoms with E-state index in [2.05, 4.69) is 15.9 Å². The normalized spacial score (nSPS) is 12.5. The Labute approximate surface area is 162 Å². The molecule has 2 aromatic rings. The highest BCUT2D eigenvalue weighted by Crippen LogP contribution is 2.37. The van der Waals surface area contributed by atoms with E-state index in [1.807, 2.05) is 0 Å². The SMILES string of the molecule is CN(C[C@@H](CC=O)c1ccc(F)cc1)C(=O)c1cccc(Br)c1C(F)(F)F. The number of alkyl halides is 3. The van der Waals surface area contributed by atoms with E-state index >= 15 is 0 Å². The van der Waals surface area contributed by atoms with E-state index < -0.39 is 34.9 Å². The molecule has 0 spiro atoms. The van der Waals surface area contributed by atoms with E-state index in [0.29, 0.717) is 11.8 Å². The van der Waals surface area contributed by atoms with Gasteiger partial charge in [-0.05, 0) is 29.8 Å². The first-order chi connectivity index (χ1) is 12.6. The fourth-order valence-corrected chi connectivity index (χ4v) is 3.37. The second-order valence-corrected chi connectivity index (χ2v) is 6.85. The maximum Gasteiger partial charge on any atom is 0.418 e. The van der Waals surface area contributed by atoms with Crippen LogP contribution in [-0.2, 0) is 11.0 Å². The van der Waals surface area contributed by atoms with Gasteiger partial charge in [0.05, 0.1) is 11.1 Å². The average Bonchev–Trinajstić information content (AvgIpc) is 2.60.